The van der Waals surface area contributed by atoms with E-state index < -0.39 is 0 Å². The highest BCUT2D eigenvalue weighted by Crippen LogP contribution is 2.26. The van der Waals surface area contributed by atoms with Crippen LogP contribution in [0.15, 0.2) is 6.20 Å². The van der Waals surface area contributed by atoms with Crippen molar-refractivity contribution in [1.29, 1.82) is 0 Å². The van der Waals surface area contributed by atoms with Crippen LogP contribution in [0.4, 0.5) is 0 Å². The van der Waals surface area contributed by atoms with Gasteiger partial charge in [0, 0.05) is 11.1 Å². The van der Waals surface area contributed by atoms with Crippen LogP contribution in [0.3, 0.4) is 0 Å². The number of aryl methyl sites for hydroxylation is 1. The van der Waals surface area contributed by atoms with Gasteiger partial charge in [-0.1, -0.05) is 5.92 Å². The summed E-state index contributed by atoms with van der Waals surface area (Å²) in [5, 5.41) is 1.07. The van der Waals surface area contributed by atoms with E-state index in [-0.39, 0.29) is 5.41 Å². The second-order valence-electron chi connectivity index (χ2n) is 3.01. The van der Waals surface area contributed by atoms with E-state index in [9.17, 15) is 0 Å². The van der Waals surface area contributed by atoms with Gasteiger partial charge in [-0.15, -0.1) is 17.8 Å². The van der Waals surface area contributed by atoms with Crippen molar-refractivity contribution in [2.45, 2.75) is 26.2 Å². The van der Waals surface area contributed by atoms with Gasteiger partial charge in [0.25, 0.3) is 0 Å². The van der Waals surface area contributed by atoms with Crippen LogP contribution < -0.4 is 0 Å². The van der Waals surface area contributed by atoms with Gasteiger partial charge in [-0.25, -0.2) is 4.98 Å². The lowest BCUT2D eigenvalue weighted by molar-refractivity contribution is 0.714. The first-order chi connectivity index (χ1) is 5.06. The van der Waals surface area contributed by atoms with Crippen molar-refractivity contribution in [2.75, 3.05) is 0 Å². The SMILES string of the molecule is C#CC(C)(C)c1cnc(C)s1. The minimum Gasteiger partial charge on any atom is -0.250 e. The maximum atomic E-state index is 5.38. The molecule has 0 saturated carbocycles. The summed E-state index contributed by atoms with van der Waals surface area (Å²) in [6.07, 6.45) is 7.24. The summed E-state index contributed by atoms with van der Waals surface area (Å²) in [6, 6.07) is 0. The molecule has 0 fully saturated rings. The predicted molar refractivity (Wildman–Crippen MR) is 48.7 cm³/mol. The van der Waals surface area contributed by atoms with Crippen LogP contribution in [0.1, 0.15) is 23.7 Å². The minimum absolute atomic E-state index is 0.161. The largest absolute Gasteiger partial charge is 0.250 e. The van der Waals surface area contributed by atoms with E-state index in [1.165, 1.54) is 0 Å². The molecule has 0 aliphatic rings. The van der Waals surface area contributed by atoms with Crippen LogP contribution >= 0.6 is 11.3 Å². The minimum atomic E-state index is -0.161. The molecule has 2 heteroatoms. The highest BCUT2D eigenvalue weighted by molar-refractivity contribution is 7.11. The number of thiazole rings is 1. The van der Waals surface area contributed by atoms with E-state index in [1.54, 1.807) is 11.3 Å². The average molecular weight is 165 g/mol. The molecular formula is C9H11NS. The van der Waals surface area contributed by atoms with E-state index in [2.05, 4.69) is 10.9 Å². The Balaban J connectivity index is 3.04. The van der Waals surface area contributed by atoms with Crippen LogP contribution in [-0.4, -0.2) is 4.98 Å². The molecule has 0 unspecified atom stereocenters. The Bertz CT molecular complexity index is 291. The smallest absolute Gasteiger partial charge is 0.0897 e. The lowest BCUT2D eigenvalue weighted by Crippen LogP contribution is -2.11. The van der Waals surface area contributed by atoms with Gasteiger partial charge in [-0.2, -0.15) is 0 Å². The first-order valence-electron chi connectivity index (χ1n) is 3.47. The Kier molecular flexibility index (Phi) is 2.01. The Morgan fingerprint density at radius 1 is 1.64 bits per heavy atom. The van der Waals surface area contributed by atoms with Crippen molar-refractivity contribution in [2.24, 2.45) is 0 Å². The molecule has 0 aromatic carbocycles. The predicted octanol–water partition coefficient (Wildman–Crippen LogP) is 2.36. The Morgan fingerprint density at radius 2 is 2.27 bits per heavy atom. The summed E-state index contributed by atoms with van der Waals surface area (Å²) < 4.78 is 0. The third kappa shape index (κ3) is 1.61. The molecule has 1 aromatic heterocycles. The highest BCUT2D eigenvalue weighted by Gasteiger charge is 2.19. The fraction of sp³-hybridized carbons (Fsp3) is 0.444. The molecule has 0 aliphatic heterocycles. The summed E-state index contributed by atoms with van der Waals surface area (Å²) >= 11 is 1.67. The third-order valence-electron chi connectivity index (χ3n) is 1.60. The molecule has 0 spiro atoms. The second-order valence-corrected chi connectivity index (χ2v) is 4.25. The summed E-state index contributed by atoms with van der Waals surface area (Å²) in [6.45, 7) is 6.04. The number of aromatic nitrogens is 1. The molecule has 1 rings (SSSR count). The Morgan fingerprint density at radius 3 is 2.64 bits per heavy atom. The molecule has 0 radical (unpaired) electrons. The van der Waals surface area contributed by atoms with Crippen molar-refractivity contribution >= 4 is 11.3 Å². The zero-order valence-electron chi connectivity index (χ0n) is 7.01. The lowest BCUT2D eigenvalue weighted by atomic mass is 9.94. The zero-order valence-corrected chi connectivity index (χ0v) is 7.83. The number of nitrogens with zero attached hydrogens (tertiary/aromatic N) is 1. The molecule has 0 aliphatic carbocycles. The highest BCUT2D eigenvalue weighted by atomic mass is 32.1. The summed E-state index contributed by atoms with van der Waals surface area (Å²) in [5.41, 5.74) is -0.161. The van der Waals surface area contributed by atoms with Gasteiger partial charge in [0.2, 0.25) is 0 Å². The van der Waals surface area contributed by atoms with Gasteiger partial charge in [0.05, 0.1) is 10.4 Å². The molecule has 0 bridgehead atoms. The molecule has 0 saturated heterocycles. The van der Waals surface area contributed by atoms with Gasteiger partial charge < -0.3 is 0 Å². The molecule has 0 N–H and O–H groups in total. The van der Waals surface area contributed by atoms with Crippen LogP contribution in [0.2, 0.25) is 0 Å². The van der Waals surface area contributed by atoms with E-state index in [1.807, 2.05) is 27.0 Å². The van der Waals surface area contributed by atoms with Crippen molar-refractivity contribution in [3.05, 3.63) is 16.1 Å². The van der Waals surface area contributed by atoms with Crippen molar-refractivity contribution in [3.63, 3.8) is 0 Å². The van der Waals surface area contributed by atoms with Crippen LogP contribution in [0.25, 0.3) is 0 Å². The molecule has 1 aromatic rings. The molecular weight excluding hydrogens is 154 g/mol. The molecule has 0 atom stereocenters. The first-order valence-corrected chi connectivity index (χ1v) is 4.28. The molecule has 1 heterocycles. The Hall–Kier alpha value is -0.810. The average Bonchev–Trinajstić information content (AvgIpc) is 2.36. The standard InChI is InChI=1S/C9H11NS/c1-5-9(3,4)8-6-10-7(2)11-8/h1,6H,2-4H3. The van der Waals surface area contributed by atoms with Gasteiger partial charge in [0.1, 0.15) is 0 Å². The summed E-state index contributed by atoms with van der Waals surface area (Å²) in [5.74, 6) is 2.74. The van der Waals surface area contributed by atoms with E-state index in [4.69, 9.17) is 6.42 Å². The monoisotopic (exact) mass is 165 g/mol. The molecule has 11 heavy (non-hydrogen) atoms. The summed E-state index contributed by atoms with van der Waals surface area (Å²) in [7, 11) is 0. The topological polar surface area (TPSA) is 12.9 Å². The van der Waals surface area contributed by atoms with Gasteiger partial charge in [-0.3, -0.25) is 0 Å². The Labute approximate surface area is 71.5 Å². The van der Waals surface area contributed by atoms with Crippen LogP contribution in [0.5, 0.6) is 0 Å². The van der Waals surface area contributed by atoms with E-state index >= 15 is 0 Å². The molecule has 58 valence electrons. The van der Waals surface area contributed by atoms with Crippen molar-refractivity contribution in [3.8, 4) is 12.3 Å². The first kappa shape index (κ1) is 8.29. The fourth-order valence-corrected chi connectivity index (χ4v) is 1.56. The maximum absolute atomic E-state index is 5.38. The quantitative estimate of drug-likeness (QED) is 0.582. The van der Waals surface area contributed by atoms with Gasteiger partial charge in [0.15, 0.2) is 0 Å². The van der Waals surface area contributed by atoms with Crippen molar-refractivity contribution in [1.82, 2.24) is 4.98 Å². The number of rotatable bonds is 1. The number of hydrogen-bond donors (Lipinski definition) is 0. The summed E-state index contributed by atoms with van der Waals surface area (Å²) in [4.78, 5) is 5.32. The fourth-order valence-electron chi connectivity index (χ4n) is 0.721. The van der Waals surface area contributed by atoms with Crippen LogP contribution in [0, 0.1) is 19.3 Å². The van der Waals surface area contributed by atoms with Crippen molar-refractivity contribution < 1.29 is 0 Å². The van der Waals surface area contributed by atoms with Gasteiger partial charge in [-0.05, 0) is 20.8 Å². The maximum Gasteiger partial charge on any atom is 0.0897 e. The molecule has 0 amide bonds. The second kappa shape index (κ2) is 2.67. The normalized spacial score (nSPS) is 11.1. The lowest BCUT2D eigenvalue weighted by Gasteiger charge is -2.13. The van der Waals surface area contributed by atoms with E-state index in [0.29, 0.717) is 0 Å². The van der Waals surface area contributed by atoms with Crippen LogP contribution in [-0.2, 0) is 5.41 Å². The number of terminal acetylenes is 1. The van der Waals surface area contributed by atoms with Gasteiger partial charge >= 0.3 is 0 Å². The van der Waals surface area contributed by atoms with E-state index in [0.717, 1.165) is 9.88 Å². The zero-order chi connectivity index (χ0) is 8.48. The molecule has 1 nitrogen and oxygen atoms in total. The number of hydrogen-bond acceptors (Lipinski definition) is 2. The third-order valence-corrected chi connectivity index (χ3v) is 2.83.